The summed E-state index contributed by atoms with van der Waals surface area (Å²) < 4.78 is 5.45. The molecule has 2 fully saturated rings. The van der Waals surface area contributed by atoms with Gasteiger partial charge in [-0.25, -0.2) is 0 Å². The van der Waals surface area contributed by atoms with Gasteiger partial charge in [0.05, 0.1) is 11.1 Å². The van der Waals surface area contributed by atoms with Gasteiger partial charge in [-0.1, -0.05) is 12.2 Å². The van der Waals surface area contributed by atoms with Crippen LogP contribution in [-0.2, 0) is 4.74 Å². The summed E-state index contributed by atoms with van der Waals surface area (Å²) in [6, 6.07) is 0. The Bertz CT molecular complexity index is 266. The molecule has 0 aromatic carbocycles. The van der Waals surface area contributed by atoms with E-state index < -0.39 is 0 Å². The number of hydrogen-bond acceptors (Lipinski definition) is 3. The van der Waals surface area contributed by atoms with Gasteiger partial charge in [-0.3, -0.25) is 0 Å². The molecule has 92 valence electrons. The second kappa shape index (κ2) is 4.98. The van der Waals surface area contributed by atoms with Gasteiger partial charge in [-0.05, 0) is 37.6 Å². The van der Waals surface area contributed by atoms with Crippen molar-refractivity contribution < 1.29 is 4.74 Å². The van der Waals surface area contributed by atoms with Gasteiger partial charge in [-0.15, -0.1) is 0 Å². The first-order chi connectivity index (χ1) is 7.63. The minimum absolute atomic E-state index is 0.418. The maximum absolute atomic E-state index is 5.67. The first-order valence-electron chi connectivity index (χ1n) is 6.17. The van der Waals surface area contributed by atoms with Crippen molar-refractivity contribution in [2.75, 3.05) is 26.7 Å². The monoisotopic (exact) mass is 242 g/mol. The van der Waals surface area contributed by atoms with E-state index in [0.717, 1.165) is 19.5 Å². The molecule has 0 bridgehead atoms. The molecule has 16 heavy (non-hydrogen) atoms. The molecule has 0 aromatic heterocycles. The molecule has 2 N–H and O–H groups in total. The fraction of sp³-hybridized carbons (Fsp3) is 0.917. The number of ether oxygens (including phenoxy) is 1. The molecule has 1 aliphatic heterocycles. The number of methoxy groups -OCH3 is 1. The van der Waals surface area contributed by atoms with Gasteiger partial charge in [0.25, 0.3) is 0 Å². The largest absolute Gasteiger partial charge is 0.393 e. The first kappa shape index (κ1) is 12.3. The summed E-state index contributed by atoms with van der Waals surface area (Å²) in [5.41, 5.74) is 6.08. The molecule has 1 atom stereocenters. The molecule has 0 amide bonds. The van der Waals surface area contributed by atoms with Crippen LogP contribution in [-0.4, -0.2) is 42.7 Å². The average molecular weight is 242 g/mol. The molecular formula is C12H22N2OS. The molecule has 4 heteroatoms. The molecule has 2 aliphatic rings. The van der Waals surface area contributed by atoms with E-state index in [1.807, 2.05) is 7.11 Å². The van der Waals surface area contributed by atoms with E-state index in [0.29, 0.717) is 16.5 Å². The predicted molar refractivity (Wildman–Crippen MR) is 69.5 cm³/mol. The van der Waals surface area contributed by atoms with Gasteiger partial charge in [0.15, 0.2) is 0 Å². The highest BCUT2D eigenvalue weighted by molar-refractivity contribution is 7.80. The lowest BCUT2D eigenvalue weighted by molar-refractivity contribution is 0.0245. The summed E-state index contributed by atoms with van der Waals surface area (Å²) >= 11 is 5.03. The summed E-state index contributed by atoms with van der Waals surface area (Å²) in [7, 11) is 1.82. The second-order valence-electron chi connectivity index (χ2n) is 5.38. The Kier molecular flexibility index (Phi) is 3.82. The van der Waals surface area contributed by atoms with Gasteiger partial charge in [0.2, 0.25) is 0 Å². The molecule has 2 rings (SSSR count). The van der Waals surface area contributed by atoms with Gasteiger partial charge in [0, 0.05) is 26.6 Å². The third kappa shape index (κ3) is 3.15. The molecule has 0 aromatic rings. The van der Waals surface area contributed by atoms with E-state index in [9.17, 15) is 0 Å². The lowest BCUT2D eigenvalue weighted by Crippen LogP contribution is -2.42. The van der Waals surface area contributed by atoms with Crippen molar-refractivity contribution in [1.82, 2.24) is 4.90 Å². The standard InChI is InChI=1S/C12H22N2OS/c1-15-10-3-2-6-14(8-10)9-12(4-5-12)7-11(13)16/h10H,2-9H2,1H3,(H2,13,16). The van der Waals surface area contributed by atoms with Crippen LogP contribution in [0.5, 0.6) is 0 Å². The van der Waals surface area contributed by atoms with Crippen LogP contribution in [0.4, 0.5) is 0 Å². The smallest absolute Gasteiger partial charge is 0.0733 e. The fourth-order valence-corrected chi connectivity index (χ4v) is 3.07. The lowest BCUT2D eigenvalue weighted by atomic mass is 9.99. The second-order valence-corrected chi connectivity index (χ2v) is 5.90. The zero-order valence-electron chi connectivity index (χ0n) is 10.1. The number of hydrogen-bond donors (Lipinski definition) is 1. The molecule has 1 heterocycles. The van der Waals surface area contributed by atoms with Crippen molar-refractivity contribution in [3.63, 3.8) is 0 Å². The maximum Gasteiger partial charge on any atom is 0.0733 e. The summed E-state index contributed by atoms with van der Waals surface area (Å²) in [5, 5.41) is 0. The summed E-state index contributed by atoms with van der Waals surface area (Å²) in [6.45, 7) is 3.44. The molecule has 1 unspecified atom stereocenters. The van der Waals surface area contributed by atoms with Crippen LogP contribution in [0.2, 0.25) is 0 Å². The Morgan fingerprint density at radius 1 is 1.56 bits per heavy atom. The van der Waals surface area contributed by atoms with E-state index in [-0.39, 0.29) is 0 Å². The molecule has 1 aliphatic carbocycles. The van der Waals surface area contributed by atoms with Crippen LogP contribution in [0.1, 0.15) is 32.1 Å². The highest BCUT2D eigenvalue weighted by Crippen LogP contribution is 2.49. The minimum atomic E-state index is 0.418. The lowest BCUT2D eigenvalue weighted by Gasteiger charge is -2.34. The van der Waals surface area contributed by atoms with E-state index in [4.69, 9.17) is 22.7 Å². The first-order valence-corrected chi connectivity index (χ1v) is 6.58. The zero-order valence-corrected chi connectivity index (χ0v) is 10.9. The van der Waals surface area contributed by atoms with Crippen molar-refractivity contribution in [1.29, 1.82) is 0 Å². The topological polar surface area (TPSA) is 38.5 Å². The molecule has 1 saturated heterocycles. The van der Waals surface area contributed by atoms with E-state index in [2.05, 4.69) is 4.90 Å². The summed E-state index contributed by atoms with van der Waals surface area (Å²) in [5.74, 6) is 0. The normalized spacial score (nSPS) is 28.9. The van der Waals surface area contributed by atoms with Gasteiger partial charge in [0.1, 0.15) is 0 Å². The van der Waals surface area contributed by atoms with Gasteiger partial charge >= 0.3 is 0 Å². The highest BCUT2D eigenvalue weighted by Gasteiger charge is 2.44. The van der Waals surface area contributed by atoms with Crippen molar-refractivity contribution >= 4 is 17.2 Å². The van der Waals surface area contributed by atoms with Crippen molar-refractivity contribution in [3.8, 4) is 0 Å². The SMILES string of the molecule is COC1CCCN(CC2(CC(N)=S)CC2)C1. The third-order valence-electron chi connectivity index (χ3n) is 3.86. The Morgan fingerprint density at radius 3 is 2.88 bits per heavy atom. The molecule has 0 radical (unpaired) electrons. The van der Waals surface area contributed by atoms with Crippen LogP contribution < -0.4 is 5.73 Å². The number of piperidine rings is 1. The highest BCUT2D eigenvalue weighted by atomic mass is 32.1. The number of rotatable bonds is 5. The maximum atomic E-state index is 5.67. The van der Waals surface area contributed by atoms with Crippen LogP contribution in [0.3, 0.4) is 0 Å². The Labute approximate surface area is 103 Å². The van der Waals surface area contributed by atoms with Crippen LogP contribution >= 0.6 is 12.2 Å². The predicted octanol–water partition coefficient (Wildman–Crippen LogP) is 1.55. The number of thiocarbonyl (C=S) groups is 1. The quantitative estimate of drug-likeness (QED) is 0.743. The Hall–Kier alpha value is -0.190. The Balaban J connectivity index is 1.82. The van der Waals surface area contributed by atoms with E-state index in [1.165, 1.54) is 32.2 Å². The third-order valence-corrected chi connectivity index (χ3v) is 4.01. The average Bonchev–Trinajstić information content (AvgIpc) is 2.97. The summed E-state index contributed by atoms with van der Waals surface area (Å²) in [6.07, 6.45) is 6.39. The van der Waals surface area contributed by atoms with Gasteiger partial charge < -0.3 is 15.4 Å². The molecular weight excluding hydrogens is 220 g/mol. The fourth-order valence-electron chi connectivity index (χ4n) is 2.76. The van der Waals surface area contributed by atoms with E-state index in [1.54, 1.807) is 0 Å². The molecule has 3 nitrogen and oxygen atoms in total. The minimum Gasteiger partial charge on any atom is -0.393 e. The van der Waals surface area contributed by atoms with Crippen LogP contribution in [0, 0.1) is 5.41 Å². The number of likely N-dealkylation sites (tertiary alicyclic amines) is 1. The van der Waals surface area contributed by atoms with Gasteiger partial charge in [-0.2, -0.15) is 0 Å². The molecule has 1 saturated carbocycles. The number of nitrogens with zero attached hydrogens (tertiary/aromatic N) is 1. The molecule has 0 spiro atoms. The van der Waals surface area contributed by atoms with Crippen LogP contribution in [0.25, 0.3) is 0 Å². The summed E-state index contributed by atoms with van der Waals surface area (Å²) in [4.78, 5) is 3.21. The number of nitrogens with two attached hydrogens (primary N) is 1. The zero-order chi connectivity index (χ0) is 11.6. The van der Waals surface area contributed by atoms with Crippen molar-refractivity contribution in [2.45, 2.75) is 38.2 Å². The Morgan fingerprint density at radius 2 is 2.31 bits per heavy atom. The van der Waals surface area contributed by atoms with E-state index >= 15 is 0 Å². The van der Waals surface area contributed by atoms with Crippen molar-refractivity contribution in [3.05, 3.63) is 0 Å². The van der Waals surface area contributed by atoms with Crippen molar-refractivity contribution in [2.24, 2.45) is 11.1 Å². The van der Waals surface area contributed by atoms with Crippen LogP contribution in [0.15, 0.2) is 0 Å².